The lowest BCUT2D eigenvalue weighted by molar-refractivity contribution is 0.0937. The molecule has 126 valence electrons. The van der Waals surface area contributed by atoms with Crippen LogP contribution in [0.1, 0.15) is 59.8 Å². The smallest absolute Gasteiger partial charge is 0.251 e. The number of benzene rings is 1. The number of aromatic nitrogens is 3. The van der Waals surface area contributed by atoms with Crippen molar-refractivity contribution in [1.29, 1.82) is 0 Å². The van der Waals surface area contributed by atoms with Crippen LogP contribution in [0.3, 0.4) is 0 Å². The lowest BCUT2D eigenvalue weighted by Gasteiger charge is -2.15. The average molecular weight is 326 g/mol. The number of amides is 1. The van der Waals surface area contributed by atoms with E-state index in [-0.39, 0.29) is 11.9 Å². The molecule has 2 aliphatic heterocycles. The second kappa shape index (κ2) is 6.26. The van der Waals surface area contributed by atoms with E-state index in [1.807, 2.05) is 25.1 Å². The number of ether oxygens (including phenoxy) is 1. The van der Waals surface area contributed by atoms with Gasteiger partial charge in [-0.25, -0.2) is 0 Å². The molecule has 0 fully saturated rings. The number of hydrogen-bond donors (Lipinski definition) is 1. The first-order chi connectivity index (χ1) is 11.7. The molecular formula is C18H22N4O2. The zero-order chi connectivity index (χ0) is 16.5. The Morgan fingerprint density at radius 1 is 1.25 bits per heavy atom. The number of nitrogens with one attached hydrogen (secondary N) is 1. The molecule has 6 heteroatoms. The van der Waals surface area contributed by atoms with E-state index >= 15 is 0 Å². The van der Waals surface area contributed by atoms with Crippen molar-refractivity contribution in [2.45, 2.75) is 51.6 Å². The molecule has 1 amide bonds. The third kappa shape index (κ3) is 2.77. The van der Waals surface area contributed by atoms with Crippen molar-refractivity contribution < 1.29 is 9.53 Å². The minimum absolute atomic E-state index is 0.0804. The van der Waals surface area contributed by atoms with Gasteiger partial charge in [0.15, 0.2) is 5.82 Å². The highest BCUT2D eigenvalue weighted by Crippen LogP contribution is 2.26. The number of aryl methyl sites for hydroxylation is 1. The predicted octanol–water partition coefficient (Wildman–Crippen LogP) is 2.43. The average Bonchev–Trinajstić information content (AvgIpc) is 3.15. The van der Waals surface area contributed by atoms with Crippen LogP contribution in [-0.2, 0) is 19.4 Å². The third-order valence-corrected chi connectivity index (χ3v) is 4.82. The molecule has 2 aliphatic rings. The fourth-order valence-corrected chi connectivity index (χ4v) is 3.50. The fraction of sp³-hybridized carbons (Fsp3) is 0.500. The molecule has 1 N–H and O–H groups in total. The fourth-order valence-electron chi connectivity index (χ4n) is 3.50. The molecule has 1 atom stereocenters. The molecule has 0 bridgehead atoms. The molecule has 0 saturated heterocycles. The summed E-state index contributed by atoms with van der Waals surface area (Å²) in [6.07, 6.45) is 5.36. The molecular weight excluding hydrogens is 304 g/mol. The van der Waals surface area contributed by atoms with E-state index in [1.165, 1.54) is 6.42 Å². The molecule has 0 spiro atoms. The maximum atomic E-state index is 12.6. The number of carbonyl (C=O) groups excluding carboxylic acids is 1. The topological polar surface area (TPSA) is 69.0 Å². The second-order valence-corrected chi connectivity index (χ2v) is 6.55. The highest BCUT2D eigenvalue weighted by Gasteiger charge is 2.22. The molecule has 0 radical (unpaired) electrons. The molecule has 0 aliphatic carbocycles. The van der Waals surface area contributed by atoms with Gasteiger partial charge in [-0.05, 0) is 43.5 Å². The summed E-state index contributed by atoms with van der Waals surface area (Å²) in [6.45, 7) is 3.60. The van der Waals surface area contributed by atoms with Gasteiger partial charge in [-0.15, -0.1) is 10.2 Å². The molecule has 24 heavy (non-hydrogen) atoms. The Kier molecular flexibility index (Phi) is 3.96. The van der Waals surface area contributed by atoms with Crippen molar-refractivity contribution in [2.24, 2.45) is 0 Å². The lowest BCUT2D eigenvalue weighted by atomic mass is 10.1. The standard InChI is InChI=1S/C18H22N4O2/c1-12(17-21-20-16-5-3-2-4-9-22(16)17)19-18(23)14-6-7-15-13(11-14)8-10-24-15/h6-7,11-12H,2-5,8-10H2,1H3,(H,19,23)/t12-/m1/s1. The molecule has 1 aromatic heterocycles. The Labute approximate surface area is 141 Å². The van der Waals surface area contributed by atoms with E-state index in [9.17, 15) is 4.79 Å². The number of nitrogens with zero attached hydrogens (tertiary/aromatic N) is 3. The lowest BCUT2D eigenvalue weighted by Crippen LogP contribution is -2.29. The van der Waals surface area contributed by atoms with Gasteiger partial charge in [-0.2, -0.15) is 0 Å². The zero-order valence-corrected chi connectivity index (χ0v) is 13.9. The molecule has 1 aromatic carbocycles. The van der Waals surface area contributed by atoms with E-state index in [1.54, 1.807) is 0 Å². The van der Waals surface area contributed by atoms with Crippen molar-refractivity contribution in [3.63, 3.8) is 0 Å². The predicted molar refractivity (Wildman–Crippen MR) is 89.1 cm³/mol. The second-order valence-electron chi connectivity index (χ2n) is 6.55. The summed E-state index contributed by atoms with van der Waals surface area (Å²) in [4.78, 5) is 12.6. The Morgan fingerprint density at radius 2 is 2.17 bits per heavy atom. The van der Waals surface area contributed by atoms with E-state index < -0.39 is 0 Å². The minimum atomic E-state index is -0.165. The van der Waals surface area contributed by atoms with Crippen LogP contribution >= 0.6 is 0 Å². The summed E-state index contributed by atoms with van der Waals surface area (Å²) in [6, 6.07) is 5.46. The van der Waals surface area contributed by atoms with Crippen molar-refractivity contribution in [3.05, 3.63) is 41.0 Å². The summed E-state index contributed by atoms with van der Waals surface area (Å²) in [7, 11) is 0. The molecule has 0 unspecified atom stereocenters. The van der Waals surface area contributed by atoms with Crippen LogP contribution in [0.2, 0.25) is 0 Å². The maximum Gasteiger partial charge on any atom is 0.251 e. The van der Waals surface area contributed by atoms with Gasteiger partial charge < -0.3 is 14.6 Å². The van der Waals surface area contributed by atoms with Gasteiger partial charge in [0.05, 0.1) is 12.6 Å². The summed E-state index contributed by atoms with van der Waals surface area (Å²) in [5, 5.41) is 11.7. The molecule has 2 aromatic rings. The van der Waals surface area contributed by atoms with Crippen molar-refractivity contribution in [3.8, 4) is 5.75 Å². The normalized spacial score (nSPS) is 17.4. The molecule has 0 saturated carbocycles. The number of carbonyl (C=O) groups is 1. The van der Waals surface area contributed by atoms with Gasteiger partial charge in [-0.1, -0.05) is 6.42 Å². The Balaban J connectivity index is 1.51. The van der Waals surface area contributed by atoms with Gasteiger partial charge in [-0.3, -0.25) is 4.79 Å². The van der Waals surface area contributed by atoms with Crippen LogP contribution in [0.25, 0.3) is 0 Å². The summed E-state index contributed by atoms with van der Waals surface area (Å²) in [5.41, 5.74) is 1.77. The van der Waals surface area contributed by atoms with Crippen LogP contribution < -0.4 is 10.1 Å². The van der Waals surface area contributed by atoms with E-state index in [0.717, 1.165) is 55.2 Å². The molecule has 3 heterocycles. The van der Waals surface area contributed by atoms with Crippen molar-refractivity contribution >= 4 is 5.91 Å². The highest BCUT2D eigenvalue weighted by molar-refractivity contribution is 5.94. The van der Waals surface area contributed by atoms with Crippen LogP contribution in [0.15, 0.2) is 18.2 Å². The summed E-state index contributed by atoms with van der Waals surface area (Å²) in [5.74, 6) is 2.70. The van der Waals surface area contributed by atoms with Crippen LogP contribution in [-0.4, -0.2) is 27.3 Å². The first kappa shape index (κ1) is 15.2. The van der Waals surface area contributed by atoms with Gasteiger partial charge in [0.25, 0.3) is 5.91 Å². The van der Waals surface area contributed by atoms with E-state index in [2.05, 4.69) is 20.1 Å². The van der Waals surface area contributed by atoms with Crippen LogP contribution in [0.4, 0.5) is 0 Å². The number of hydrogen-bond acceptors (Lipinski definition) is 4. The monoisotopic (exact) mass is 326 g/mol. The Morgan fingerprint density at radius 3 is 3.08 bits per heavy atom. The SMILES string of the molecule is C[C@@H](NC(=O)c1ccc2c(c1)CCO2)c1nnc2n1CCCCC2. The number of rotatable bonds is 3. The zero-order valence-electron chi connectivity index (χ0n) is 13.9. The van der Waals surface area contributed by atoms with E-state index in [0.29, 0.717) is 12.2 Å². The molecule has 6 nitrogen and oxygen atoms in total. The Hall–Kier alpha value is -2.37. The van der Waals surface area contributed by atoms with Gasteiger partial charge in [0.2, 0.25) is 0 Å². The quantitative estimate of drug-likeness (QED) is 0.940. The maximum absolute atomic E-state index is 12.6. The van der Waals surface area contributed by atoms with E-state index in [4.69, 9.17) is 4.74 Å². The summed E-state index contributed by atoms with van der Waals surface area (Å²) < 4.78 is 7.67. The van der Waals surface area contributed by atoms with Crippen molar-refractivity contribution in [2.75, 3.05) is 6.61 Å². The number of fused-ring (bicyclic) bond motifs is 2. The van der Waals surface area contributed by atoms with Crippen LogP contribution in [0, 0.1) is 0 Å². The van der Waals surface area contributed by atoms with Crippen molar-refractivity contribution in [1.82, 2.24) is 20.1 Å². The van der Waals surface area contributed by atoms with Crippen LogP contribution in [0.5, 0.6) is 5.75 Å². The first-order valence-electron chi connectivity index (χ1n) is 8.71. The highest BCUT2D eigenvalue weighted by atomic mass is 16.5. The Bertz CT molecular complexity index is 768. The minimum Gasteiger partial charge on any atom is -0.493 e. The first-order valence-corrected chi connectivity index (χ1v) is 8.71. The van der Waals surface area contributed by atoms with Gasteiger partial charge in [0, 0.05) is 24.9 Å². The molecule has 4 rings (SSSR count). The largest absolute Gasteiger partial charge is 0.493 e. The van der Waals surface area contributed by atoms with Gasteiger partial charge in [0.1, 0.15) is 11.6 Å². The third-order valence-electron chi connectivity index (χ3n) is 4.82. The summed E-state index contributed by atoms with van der Waals surface area (Å²) >= 11 is 0. The van der Waals surface area contributed by atoms with Gasteiger partial charge >= 0.3 is 0 Å².